The Hall–Kier alpha value is -2.60. The standard InChI is InChI=1S/C17H18F3NO7S/c1-5-27-14(22)12-9-21(15(23)24,16(2,3)4)13-8-10(6-7-11(12)13)28-29(25,26)17(18,19)20/h6-9H,5H2,1-4H3/p+1. The molecule has 12 heteroatoms. The zero-order valence-corrected chi connectivity index (χ0v) is 16.7. The number of carbonyl (C=O) groups is 2. The highest BCUT2D eigenvalue weighted by Crippen LogP contribution is 2.48. The van der Waals surface area contributed by atoms with Crippen molar-refractivity contribution >= 4 is 33.4 Å². The van der Waals surface area contributed by atoms with Crippen LogP contribution in [0.5, 0.6) is 5.75 Å². The van der Waals surface area contributed by atoms with Crippen molar-refractivity contribution in [2.45, 2.75) is 38.7 Å². The van der Waals surface area contributed by atoms with Crippen LogP contribution in [-0.2, 0) is 19.6 Å². The highest BCUT2D eigenvalue weighted by molar-refractivity contribution is 7.88. The maximum absolute atomic E-state index is 12.6. The van der Waals surface area contributed by atoms with Crippen LogP contribution in [0.1, 0.15) is 33.3 Å². The fourth-order valence-corrected chi connectivity index (χ4v) is 3.41. The van der Waals surface area contributed by atoms with E-state index >= 15 is 0 Å². The van der Waals surface area contributed by atoms with Crippen LogP contribution in [0.25, 0.3) is 5.57 Å². The lowest BCUT2D eigenvalue weighted by atomic mass is 10.0. The molecule has 2 rings (SSSR count). The van der Waals surface area contributed by atoms with Crippen molar-refractivity contribution in [1.29, 1.82) is 0 Å². The molecule has 0 saturated carbocycles. The Labute approximate surface area is 164 Å². The minimum absolute atomic E-state index is 0.0130. The van der Waals surface area contributed by atoms with Crippen LogP contribution in [-0.4, -0.2) is 43.2 Å². The molecule has 1 aromatic carbocycles. The molecule has 0 bridgehead atoms. The monoisotopic (exact) mass is 438 g/mol. The Morgan fingerprint density at radius 2 is 1.76 bits per heavy atom. The number of hydrogen-bond donors (Lipinski definition) is 1. The maximum atomic E-state index is 12.6. The van der Waals surface area contributed by atoms with Crippen LogP contribution in [0.2, 0.25) is 0 Å². The number of fused-ring (bicyclic) bond motifs is 1. The third kappa shape index (κ3) is 3.69. The van der Waals surface area contributed by atoms with E-state index in [-0.39, 0.29) is 23.4 Å². The Kier molecular flexibility index (Phi) is 5.49. The van der Waals surface area contributed by atoms with Gasteiger partial charge in [-0.3, -0.25) is 0 Å². The molecule has 1 aromatic rings. The van der Waals surface area contributed by atoms with E-state index < -0.39 is 43.5 Å². The number of rotatable bonds is 4. The van der Waals surface area contributed by atoms with Crippen molar-refractivity contribution in [2.75, 3.05) is 6.61 Å². The Morgan fingerprint density at radius 3 is 2.21 bits per heavy atom. The first-order chi connectivity index (χ1) is 13.1. The average molecular weight is 438 g/mol. The van der Waals surface area contributed by atoms with Crippen LogP contribution in [0, 0.1) is 0 Å². The number of benzene rings is 1. The van der Waals surface area contributed by atoms with Gasteiger partial charge in [-0.25, -0.2) is 4.79 Å². The lowest BCUT2D eigenvalue weighted by Crippen LogP contribution is -2.60. The zero-order valence-electron chi connectivity index (χ0n) is 15.9. The van der Waals surface area contributed by atoms with Gasteiger partial charge in [0.2, 0.25) is 0 Å². The van der Waals surface area contributed by atoms with E-state index in [4.69, 9.17) is 4.74 Å². The SMILES string of the molecule is CCOC(=O)C1=C[N+](C(=O)O)(C(C)(C)C)c2cc(OS(=O)(=O)C(F)(F)F)ccc21. The third-order valence-electron chi connectivity index (χ3n) is 4.31. The molecule has 1 atom stereocenters. The van der Waals surface area contributed by atoms with Crippen LogP contribution < -0.4 is 8.67 Å². The van der Waals surface area contributed by atoms with E-state index in [1.807, 2.05) is 0 Å². The third-order valence-corrected chi connectivity index (χ3v) is 5.29. The molecule has 1 N–H and O–H groups in total. The van der Waals surface area contributed by atoms with Gasteiger partial charge in [-0.2, -0.15) is 30.9 Å². The predicted molar refractivity (Wildman–Crippen MR) is 96.2 cm³/mol. The molecule has 0 radical (unpaired) electrons. The summed E-state index contributed by atoms with van der Waals surface area (Å²) < 4.78 is 68.6. The van der Waals surface area contributed by atoms with E-state index in [9.17, 15) is 36.3 Å². The van der Waals surface area contributed by atoms with E-state index in [1.54, 1.807) is 6.92 Å². The molecule has 1 aliphatic heterocycles. The molecule has 1 aliphatic rings. The molecule has 1 amide bonds. The number of carboxylic acid groups (broad SMARTS) is 1. The minimum Gasteiger partial charge on any atom is -0.462 e. The normalized spacial score (nSPS) is 19.3. The average Bonchev–Trinajstić information content (AvgIpc) is 2.89. The van der Waals surface area contributed by atoms with E-state index in [0.29, 0.717) is 0 Å². The van der Waals surface area contributed by atoms with Crippen molar-refractivity contribution in [2.24, 2.45) is 0 Å². The van der Waals surface area contributed by atoms with Gasteiger partial charge in [0.25, 0.3) is 0 Å². The smallest absolute Gasteiger partial charge is 0.462 e. The predicted octanol–water partition coefficient (Wildman–Crippen LogP) is 3.62. The van der Waals surface area contributed by atoms with Crippen molar-refractivity contribution in [3.05, 3.63) is 30.0 Å². The van der Waals surface area contributed by atoms with Gasteiger partial charge in [0.05, 0.1) is 12.2 Å². The molecule has 0 aliphatic carbocycles. The number of quaternary nitrogens is 1. The van der Waals surface area contributed by atoms with E-state index in [0.717, 1.165) is 24.4 Å². The second-order valence-corrected chi connectivity index (χ2v) is 8.64. The summed E-state index contributed by atoms with van der Waals surface area (Å²) in [5, 5.41) is 9.96. The van der Waals surface area contributed by atoms with Crippen molar-refractivity contribution in [3.8, 4) is 5.75 Å². The second kappa shape index (κ2) is 7.02. The molecule has 160 valence electrons. The van der Waals surface area contributed by atoms with Gasteiger partial charge in [-0.05, 0) is 39.8 Å². The zero-order chi connectivity index (χ0) is 22.4. The summed E-state index contributed by atoms with van der Waals surface area (Å²) in [6.45, 7) is 6.18. The summed E-state index contributed by atoms with van der Waals surface area (Å²) in [5.41, 5.74) is -6.94. The highest BCUT2D eigenvalue weighted by atomic mass is 32.2. The van der Waals surface area contributed by atoms with Gasteiger partial charge in [0.1, 0.15) is 23.1 Å². The number of carbonyl (C=O) groups excluding carboxylic acids is 1. The number of esters is 1. The molecule has 1 unspecified atom stereocenters. The number of alkyl halides is 3. The van der Waals surface area contributed by atoms with Crippen molar-refractivity contribution in [3.63, 3.8) is 0 Å². The van der Waals surface area contributed by atoms with Gasteiger partial charge in [0.15, 0.2) is 5.69 Å². The Bertz CT molecular complexity index is 993. The number of hydrogen-bond acceptors (Lipinski definition) is 6. The topological polar surface area (TPSA) is 107 Å². The molecule has 0 saturated heterocycles. The van der Waals surface area contributed by atoms with Crippen LogP contribution in [0.4, 0.5) is 23.7 Å². The van der Waals surface area contributed by atoms with Crippen LogP contribution in [0.3, 0.4) is 0 Å². The van der Waals surface area contributed by atoms with E-state index in [2.05, 4.69) is 4.18 Å². The van der Waals surface area contributed by atoms with Gasteiger partial charge in [0, 0.05) is 6.07 Å². The minimum atomic E-state index is -5.96. The molecule has 1 heterocycles. The summed E-state index contributed by atoms with van der Waals surface area (Å²) in [6, 6.07) is 2.88. The van der Waals surface area contributed by atoms with Gasteiger partial charge in [-0.15, -0.1) is 0 Å². The number of amides is 1. The highest BCUT2D eigenvalue weighted by Gasteiger charge is 2.56. The molecule has 29 heavy (non-hydrogen) atoms. The van der Waals surface area contributed by atoms with E-state index in [1.165, 1.54) is 20.8 Å². The molecule has 8 nitrogen and oxygen atoms in total. The van der Waals surface area contributed by atoms with Crippen molar-refractivity contribution < 1.29 is 45.2 Å². The first-order valence-corrected chi connectivity index (χ1v) is 9.67. The Morgan fingerprint density at radius 1 is 1.17 bits per heavy atom. The van der Waals surface area contributed by atoms with Gasteiger partial charge in [-0.1, -0.05) is 0 Å². The second-order valence-electron chi connectivity index (χ2n) is 7.10. The molecular weight excluding hydrogens is 419 g/mol. The maximum Gasteiger partial charge on any atom is 0.534 e. The number of ether oxygens (including phenoxy) is 1. The summed E-state index contributed by atoms with van der Waals surface area (Å²) in [6.07, 6.45) is -0.318. The van der Waals surface area contributed by atoms with Crippen molar-refractivity contribution in [1.82, 2.24) is 4.48 Å². The lowest BCUT2D eigenvalue weighted by molar-refractivity contribution is -0.136. The van der Waals surface area contributed by atoms with Crippen LogP contribution in [0.15, 0.2) is 24.4 Å². The van der Waals surface area contributed by atoms with Gasteiger partial charge >= 0.3 is 27.7 Å². The summed E-state index contributed by atoms with van der Waals surface area (Å²) in [7, 11) is -5.96. The molecule has 0 fully saturated rings. The van der Waals surface area contributed by atoms with Crippen LogP contribution >= 0.6 is 0 Å². The fraction of sp³-hybridized carbons (Fsp3) is 0.412. The summed E-state index contributed by atoms with van der Waals surface area (Å²) >= 11 is 0. The van der Waals surface area contributed by atoms with Gasteiger partial charge < -0.3 is 14.0 Å². The number of halogens is 3. The quantitative estimate of drug-likeness (QED) is 0.331. The largest absolute Gasteiger partial charge is 0.534 e. The molecular formula is C17H19F3NO7S+. The summed E-state index contributed by atoms with van der Waals surface area (Å²) in [4.78, 5) is 24.6. The first kappa shape index (κ1) is 22.7. The summed E-state index contributed by atoms with van der Waals surface area (Å²) in [5.74, 6) is -1.57. The molecule has 0 aromatic heterocycles. The lowest BCUT2D eigenvalue weighted by Gasteiger charge is -2.38. The Balaban J connectivity index is 2.73. The fourth-order valence-electron chi connectivity index (χ4n) is 2.96. The molecule has 0 spiro atoms. The number of nitrogens with zero attached hydrogens (tertiary/aromatic N) is 1. The first-order valence-electron chi connectivity index (χ1n) is 8.26.